The van der Waals surface area contributed by atoms with Crippen LogP contribution in [-0.2, 0) is 20.1 Å². The number of benzene rings is 1. The molecule has 4 aromatic rings. The molecular formula is C20H23N7O2S2. The first-order valence-electron chi connectivity index (χ1n) is 9.81. The maximum absolute atomic E-state index is 12.7. The lowest BCUT2D eigenvalue weighted by Gasteiger charge is -2.20. The number of aromatic amines is 1. The van der Waals surface area contributed by atoms with Crippen molar-refractivity contribution in [2.24, 2.45) is 7.05 Å². The maximum Gasteiger partial charge on any atom is 0.329 e. The first-order chi connectivity index (χ1) is 14.9. The molecule has 0 bridgehead atoms. The Bertz CT molecular complexity index is 1310. The summed E-state index contributed by atoms with van der Waals surface area (Å²) in [6.07, 6.45) is 0.809. The van der Waals surface area contributed by atoms with E-state index >= 15 is 0 Å². The van der Waals surface area contributed by atoms with E-state index in [2.05, 4.69) is 20.2 Å². The molecule has 0 fully saturated rings. The average molecular weight is 458 g/mol. The largest absolute Gasteiger partial charge is 0.341 e. The number of rotatable bonds is 8. The minimum absolute atomic E-state index is 0.385. The third kappa shape index (κ3) is 4.57. The number of thioether (sulfide) groups is 1. The van der Waals surface area contributed by atoms with Crippen LogP contribution < -0.4 is 16.1 Å². The lowest BCUT2D eigenvalue weighted by atomic mass is 10.2. The number of anilines is 1. The molecule has 11 heteroatoms. The van der Waals surface area contributed by atoms with Crippen LogP contribution in [-0.4, -0.2) is 42.1 Å². The van der Waals surface area contributed by atoms with Crippen LogP contribution in [0, 0.1) is 6.92 Å². The number of imidazole rings is 1. The third-order valence-electron chi connectivity index (χ3n) is 4.85. The fourth-order valence-corrected chi connectivity index (χ4v) is 5.18. The lowest BCUT2D eigenvalue weighted by molar-refractivity contribution is 0.680. The van der Waals surface area contributed by atoms with Crippen molar-refractivity contribution in [3.05, 3.63) is 61.7 Å². The van der Waals surface area contributed by atoms with E-state index in [0.717, 1.165) is 27.1 Å². The van der Waals surface area contributed by atoms with Crippen LogP contribution in [0.15, 0.2) is 44.3 Å². The zero-order chi connectivity index (χ0) is 22.0. The summed E-state index contributed by atoms with van der Waals surface area (Å²) in [6, 6.07) is 10.1. The van der Waals surface area contributed by atoms with Crippen LogP contribution in [0.4, 0.5) is 5.95 Å². The van der Waals surface area contributed by atoms with E-state index in [4.69, 9.17) is 0 Å². The summed E-state index contributed by atoms with van der Waals surface area (Å²) in [4.78, 5) is 33.8. The van der Waals surface area contributed by atoms with Gasteiger partial charge in [0.15, 0.2) is 15.5 Å². The maximum atomic E-state index is 12.7. The molecule has 0 saturated heterocycles. The smallest absolute Gasteiger partial charge is 0.329 e. The first kappa shape index (κ1) is 21.3. The van der Waals surface area contributed by atoms with E-state index in [9.17, 15) is 9.59 Å². The summed E-state index contributed by atoms with van der Waals surface area (Å²) < 4.78 is 4.23. The zero-order valence-corrected chi connectivity index (χ0v) is 19.2. The normalized spacial score (nSPS) is 11.3. The Hall–Kier alpha value is -2.92. The van der Waals surface area contributed by atoms with Gasteiger partial charge in [-0.2, -0.15) is 4.98 Å². The van der Waals surface area contributed by atoms with Gasteiger partial charge in [0, 0.05) is 32.9 Å². The van der Waals surface area contributed by atoms with E-state index in [1.54, 1.807) is 30.1 Å². The summed E-state index contributed by atoms with van der Waals surface area (Å²) in [7, 11) is 3.56. The van der Waals surface area contributed by atoms with Crippen LogP contribution in [0.3, 0.4) is 0 Å². The lowest BCUT2D eigenvalue weighted by Crippen LogP contribution is -2.29. The Morgan fingerprint density at radius 1 is 1.19 bits per heavy atom. The van der Waals surface area contributed by atoms with Crippen molar-refractivity contribution >= 4 is 40.2 Å². The van der Waals surface area contributed by atoms with Gasteiger partial charge in [-0.05, 0) is 18.9 Å². The van der Waals surface area contributed by atoms with Crippen LogP contribution in [0.1, 0.15) is 17.0 Å². The second-order valence-electron chi connectivity index (χ2n) is 7.18. The molecule has 31 heavy (non-hydrogen) atoms. The van der Waals surface area contributed by atoms with E-state index in [1.165, 1.54) is 4.57 Å². The Balaban J connectivity index is 1.63. The highest BCUT2D eigenvalue weighted by Crippen LogP contribution is 2.24. The molecule has 0 unspecified atom stereocenters. The van der Waals surface area contributed by atoms with E-state index in [0.29, 0.717) is 30.2 Å². The molecule has 3 heterocycles. The molecule has 162 valence electrons. The topological polar surface area (TPSA) is 102 Å². The predicted octanol–water partition coefficient (Wildman–Crippen LogP) is 2.40. The highest BCUT2D eigenvalue weighted by atomic mass is 32.2. The number of aryl methyl sites for hydroxylation is 3. The standard InChI is InChI=1S/C20H23N7O2S2/c1-13-23-24-20(31-13)30-11-7-10-27-15-16(26(3)19(29)22-17(15)28)21-18(27)25(2)12-14-8-5-4-6-9-14/h4-6,8-9H,7,10-12H2,1-3H3,(H,22,28,29). The summed E-state index contributed by atoms with van der Waals surface area (Å²) >= 11 is 3.23. The molecule has 0 spiro atoms. The second-order valence-corrected chi connectivity index (χ2v) is 9.71. The van der Waals surface area contributed by atoms with Gasteiger partial charge in [0.25, 0.3) is 5.56 Å². The molecule has 0 amide bonds. The quantitative estimate of drug-likeness (QED) is 0.320. The average Bonchev–Trinajstić information content (AvgIpc) is 3.34. The fourth-order valence-electron chi connectivity index (χ4n) is 3.37. The number of H-pyrrole nitrogens is 1. The van der Waals surface area contributed by atoms with Gasteiger partial charge in [0.05, 0.1) is 0 Å². The Morgan fingerprint density at radius 3 is 2.68 bits per heavy atom. The molecule has 9 nitrogen and oxygen atoms in total. The minimum atomic E-state index is -0.471. The van der Waals surface area contributed by atoms with Crippen LogP contribution in [0.5, 0.6) is 0 Å². The monoisotopic (exact) mass is 457 g/mol. The van der Waals surface area contributed by atoms with Crippen molar-refractivity contribution < 1.29 is 0 Å². The van der Waals surface area contributed by atoms with Crippen molar-refractivity contribution in [2.45, 2.75) is 30.8 Å². The Kier molecular flexibility index (Phi) is 6.23. The van der Waals surface area contributed by atoms with Gasteiger partial charge >= 0.3 is 5.69 Å². The minimum Gasteiger partial charge on any atom is -0.341 e. The van der Waals surface area contributed by atoms with Gasteiger partial charge < -0.3 is 9.47 Å². The van der Waals surface area contributed by atoms with Gasteiger partial charge in [-0.25, -0.2) is 4.79 Å². The van der Waals surface area contributed by atoms with Gasteiger partial charge in [-0.3, -0.25) is 14.3 Å². The van der Waals surface area contributed by atoms with Crippen LogP contribution in [0.25, 0.3) is 11.2 Å². The molecule has 1 N–H and O–H groups in total. The summed E-state index contributed by atoms with van der Waals surface area (Å²) in [5.74, 6) is 1.49. The molecule has 0 saturated carbocycles. The van der Waals surface area contributed by atoms with Crippen molar-refractivity contribution in [1.29, 1.82) is 0 Å². The molecule has 0 aliphatic rings. The number of fused-ring (bicyclic) bond motifs is 1. The van der Waals surface area contributed by atoms with E-state index < -0.39 is 11.2 Å². The van der Waals surface area contributed by atoms with Crippen LogP contribution in [0.2, 0.25) is 0 Å². The highest BCUT2D eigenvalue weighted by Gasteiger charge is 2.20. The molecule has 0 atom stereocenters. The fraction of sp³-hybridized carbons (Fsp3) is 0.350. The first-order valence-corrected chi connectivity index (χ1v) is 11.6. The van der Waals surface area contributed by atoms with Crippen molar-refractivity contribution in [3.8, 4) is 0 Å². The molecule has 4 rings (SSSR count). The van der Waals surface area contributed by atoms with Gasteiger partial charge in [-0.15, -0.1) is 10.2 Å². The second kappa shape index (κ2) is 9.06. The third-order valence-corrected chi connectivity index (χ3v) is 6.91. The van der Waals surface area contributed by atoms with Crippen molar-refractivity contribution in [3.63, 3.8) is 0 Å². The number of nitrogens with one attached hydrogen (secondary N) is 1. The van der Waals surface area contributed by atoms with Crippen molar-refractivity contribution in [2.75, 3.05) is 17.7 Å². The number of hydrogen-bond donors (Lipinski definition) is 1. The number of aromatic nitrogens is 6. The summed E-state index contributed by atoms with van der Waals surface area (Å²) in [5, 5.41) is 9.13. The van der Waals surface area contributed by atoms with Gasteiger partial charge in [0.1, 0.15) is 5.01 Å². The molecule has 0 radical (unpaired) electrons. The zero-order valence-electron chi connectivity index (χ0n) is 17.5. The van der Waals surface area contributed by atoms with Crippen molar-refractivity contribution in [1.82, 2.24) is 29.3 Å². The van der Waals surface area contributed by atoms with E-state index in [1.807, 2.05) is 53.8 Å². The van der Waals surface area contributed by atoms with Crippen LogP contribution >= 0.6 is 23.1 Å². The molecular weight excluding hydrogens is 434 g/mol. The van der Waals surface area contributed by atoms with Gasteiger partial charge in [0.2, 0.25) is 5.95 Å². The molecule has 0 aliphatic carbocycles. The predicted molar refractivity (Wildman–Crippen MR) is 124 cm³/mol. The number of hydrogen-bond acceptors (Lipinski definition) is 8. The number of nitrogens with zero attached hydrogens (tertiary/aromatic N) is 6. The van der Waals surface area contributed by atoms with E-state index in [-0.39, 0.29) is 0 Å². The highest BCUT2D eigenvalue weighted by molar-refractivity contribution is 8.01. The molecule has 0 aliphatic heterocycles. The SMILES string of the molecule is Cc1nnc(SCCCn2c(N(C)Cc3ccccc3)nc3c2c(=O)[nH]c(=O)n3C)s1. The molecule has 1 aromatic carbocycles. The summed E-state index contributed by atoms with van der Waals surface area (Å²) in [6.45, 7) is 3.16. The van der Waals surface area contributed by atoms with Gasteiger partial charge in [-0.1, -0.05) is 53.4 Å². The Morgan fingerprint density at radius 2 is 1.97 bits per heavy atom. The summed E-state index contributed by atoms with van der Waals surface area (Å²) in [5.41, 5.74) is 1.04. The Labute approximate surface area is 186 Å². The molecule has 3 aromatic heterocycles.